The lowest BCUT2D eigenvalue weighted by atomic mass is 10.3. The number of nitrogens with zero attached hydrogens (tertiary/aromatic N) is 2. The predicted octanol–water partition coefficient (Wildman–Crippen LogP) is 3.01. The van der Waals surface area contributed by atoms with Crippen molar-refractivity contribution in [2.24, 2.45) is 0 Å². The summed E-state index contributed by atoms with van der Waals surface area (Å²) in [5.74, 6) is 0.638. The van der Waals surface area contributed by atoms with Gasteiger partial charge in [-0.25, -0.2) is 9.37 Å². The van der Waals surface area contributed by atoms with E-state index in [2.05, 4.69) is 10.3 Å². The van der Waals surface area contributed by atoms with Crippen LogP contribution in [0, 0.1) is 5.82 Å². The van der Waals surface area contributed by atoms with Crippen LogP contribution in [0.1, 0.15) is 23.2 Å². The first kappa shape index (κ1) is 16.8. The molecule has 0 aliphatic carbocycles. The fraction of sp³-hybridized carbons (Fsp3) is 0.222. The van der Waals surface area contributed by atoms with E-state index in [1.165, 1.54) is 24.3 Å². The quantitative estimate of drug-likeness (QED) is 0.716. The summed E-state index contributed by atoms with van der Waals surface area (Å²) in [7, 11) is 0. The molecular weight excluding hydrogens is 325 g/mol. The number of halogens is 1. The molecule has 0 aliphatic rings. The first-order chi connectivity index (χ1) is 12.1. The Balaban J connectivity index is 1.51. The molecule has 1 N–H and O–H groups in total. The molecule has 0 aliphatic heterocycles. The molecule has 0 bridgehead atoms. The molecule has 3 rings (SSSR count). The van der Waals surface area contributed by atoms with Gasteiger partial charge in [0, 0.05) is 25.0 Å². The highest BCUT2D eigenvalue weighted by Gasteiger charge is 2.14. The van der Waals surface area contributed by atoms with Crippen LogP contribution in [-0.4, -0.2) is 21.5 Å². The molecule has 1 aromatic carbocycles. The molecule has 0 fully saturated rings. The lowest BCUT2D eigenvalue weighted by molar-refractivity contribution is 0.0904. The molecule has 0 unspecified atom stereocenters. The van der Waals surface area contributed by atoms with Crippen molar-refractivity contribution in [2.75, 3.05) is 0 Å². The topological polar surface area (TPSA) is 69.3 Å². The van der Waals surface area contributed by atoms with Crippen LogP contribution >= 0.6 is 0 Å². The average molecular weight is 343 g/mol. The number of rotatable bonds is 7. The molecule has 1 atom stereocenters. The van der Waals surface area contributed by atoms with Gasteiger partial charge in [0.05, 0.1) is 6.33 Å². The number of imidazole rings is 1. The van der Waals surface area contributed by atoms with Gasteiger partial charge in [-0.3, -0.25) is 4.79 Å². The maximum Gasteiger partial charge on any atom is 0.287 e. The third-order valence-electron chi connectivity index (χ3n) is 3.50. The van der Waals surface area contributed by atoms with E-state index in [4.69, 9.17) is 9.15 Å². The van der Waals surface area contributed by atoms with Crippen molar-refractivity contribution in [3.63, 3.8) is 0 Å². The Kier molecular flexibility index (Phi) is 5.13. The minimum absolute atomic E-state index is 0.0780. The van der Waals surface area contributed by atoms with Crippen LogP contribution in [-0.2, 0) is 13.2 Å². The molecule has 0 radical (unpaired) electrons. The minimum atomic E-state index is -0.325. The summed E-state index contributed by atoms with van der Waals surface area (Å²) in [4.78, 5) is 16.2. The molecule has 7 heteroatoms. The van der Waals surface area contributed by atoms with Gasteiger partial charge >= 0.3 is 0 Å². The Morgan fingerprint density at radius 1 is 1.32 bits per heavy atom. The summed E-state index contributed by atoms with van der Waals surface area (Å²) in [5, 5.41) is 2.86. The van der Waals surface area contributed by atoms with Gasteiger partial charge in [0.25, 0.3) is 5.91 Å². The molecule has 6 nitrogen and oxygen atoms in total. The average Bonchev–Trinajstić information content (AvgIpc) is 3.26. The number of furan rings is 1. The Labute approximate surface area is 144 Å². The molecule has 130 valence electrons. The normalized spacial score (nSPS) is 11.9. The summed E-state index contributed by atoms with van der Waals surface area (Å²) >= 11 is 0. The molecule has 2 heterocycles. The number of carbonyl (C=O) groups excluding carboxylic acids is 1. The van der Waals surface area contributed by atoms with Crippen molar-refractivity contribution in [2.45, 2.75) is 26.1 Å². The first-order valence-electron chi connectivity index (χ1n) is 7.84. The van der Waals surface area contributed by atoms with Gasteiger partial charge in [-0.05, 0) is 43.3 Å². The number of amides is 1. The van der Waals surface area contributed by atoms with Crippen molar-refractivity contribution < 1.29 is 18.3 Å². The molecule has 1 amide bonds. The van der Waals surface area contributed by atoms with Crippen molar-refractivity contribution in [3.05, 3.63) is 72.5 Å². The van der Waals surface area contributed by atoms with E-state index in [1.54, 1.807) is 24.7 Å². The van der Waals surface area contributed by atoms with Crippen LogP contribution in [0.4, 0.5) is 4.39 Å². The van der Waals surface area contributed by atoms with Crippen LogP contribution in [0.3, 0.4) is 0 Å². The van der Waals surface area contributed by atoms with Gasteiger partial charge in [-0.2, -0.15) is 0 Å². The van der Waals surface area contributed by atoms with E-state index in [0.717, 1.165) is 0 Å². The summed E-state index contributed by atoms with van der Waals surface area (Å²) in [6, 6.07) is 8.90. The molecule has 2 aromatic heterocycles. The molecule has 3 aromatic rings. The van der Waals surface area contributed by atoms with Gasteiger partial charge in [0.2, 0.25) is 0 Å². The second-order valence-electron chi connectivity index (χ2n) is 5.64. The van der Waals surface area contributed by atoms with E-state index in [1.807, 2.05) is 17.7 Å². The number of carbonyl (C=O) groups is 1. The Morgan fingerprint density at radius 2 is 2.12 bits per heavy atom. The van der Waals surface area contributed by atoms with E-state index in [-0.39, 0.29) is 30.1 Å². The Morgan fingerprint density at radius 3 is 2.84 bits per heavy atom. The zero-order valence-corrected chi connectivity index (χ0v) is 13.7. The van der Waals surface area contributed by atoms with Gasteiger partial charge < -0.3 is 19.0 Å². The molecular formula is C18H18FN3O3. The third-order valence-corrected chi connectivity index (χ3v) is 3.50. The van der Waals surface area contributed by atoms with Crippen molar-refractivity contribution in [1.82, 2.24) is 14.9 Å². The monoisotopic (exact) mass is 343 g/mol. The molecule has 25 heavy (non-hydrogen) atoms. The highest BCUT2D eigenvalue weighted by atomic mass is 19.1. The highest BCUT2D eigenvalue weighted by molar-refractivity contribution is 5.91. The largest absolute Gasteiger partial charge is 0.486 e. The number of benzene rings is 1. The number of nitrogens with one attached hydrogen (secondary N) is 1. The van der Waals surface area contributed by atoms with Crippen LogP contribution in [0.25, 0.3) is 0 Å². The fourth-order valence-electron chi connectivity index (χ4n) is 2.31. The van der Waals surface area contributed by atoms with Crippen molar-refractivity contribution in [1.29, 1.82) is 0 Å². The minimum Gasteiger partial charge on any atom is -0.486 e. The smallest absolute Gasteiger partial charge is 0.287 e. The Hall–Kier alpha value is -3.09. The second kappa shape index (κ2) is 7.65. The molecule has 0 spiro atoms. The van der Waals surface area contributed by atoms with Gasteiger partial charge in [0.1, 0.15) is 23.9 Å². The van der Waals surface area contributed by atoms with E-state index >= 15 is 0 Å². The van der Waals surface area contributed by atoms with Crippen LogP contribution < -0.4 is 10.1 Å². The summed E-state index contributed by atoms with van der Waals surface area (Å²) in [5.41, 5.74) is 0. The van der Waals surface area contributed by atoms with Crippen molar-refractivity contribution >= 4 is 5.91 Å². The number of aromatic nitrogens is 2. The van der Waals surface area contributed by atoms with Gasteiger partial charge in [-0.1, -0.05) is 0 Å². The van der Waals surface area contributed by atoms with E-state index < -0.39 is 0 Å². The van der Waals surface area contributed by atoms with Crippen molar-refractivity contribution in [3.8, 4) is 5.75 Å². The molecule has 0 saturated carbocycles. The summed E-state index contributed by atoms with van der Waals surface area (Å²) < 4.78 is 25.7. The highest BCUT2D eigenvalue weighted by Crippen LogP contribution is 2.15. The van der Waals surface area contributed by atoms with E-state index in [0.29, 0.717) is 18.1 Å². The fourth-order valence-corrected chi connectivity index (χ4v) is 2.31. The number of hydrogen-bond donors (Lipinski definition) is 1. The van der Waals surface area contributed by atoms with E-state index in [9.17, 15) is 9.18 Å². The second-order valence-corrected chi connectivity index (χ2v) is 5.64. The van der Waals surface area contributed by atoms with Crippen LogP contribution in [0.2, 0.25) is 0 Å². The summed E-state index contributed by atoms with van der Waals surface area (Å²) in [6.07, 6.45) is 5.22. The molecule has 0 saturated heterocycles. The Bertz CT molecular complexity index is 812. The first-order valence-corrected chi connectivity index (χ1v) is 7.84. The van der Waals surface area contributed by atoms with Gasteiger partial charge in [-0.15, -0.1) is 0 Å². The maximum atomic E-state index is 12.8. The number of ether oxygens (including phenoxy) is 1. The van der Waals surface area contributed by atoms with Crippen LogP contribution in [0.5, 0.6) is 5.75 Å². The number of hydrogen-bond acceptors (Lipinski definition) is 4. The zero-order valence-electron chi connectivity index (χ0n) is 13.7. The van der Waals surface area contributed by atoms with Gasteiger partial charge in [0.15, 0.2) is 5.76 Å². The van der Waals surface area contributed by atoms with Crippen LogP contribution in [0.15, 0.2) is 59.5 Å². The summed E-state index contributed by atoms with van der Waals surface area (Å²) in [6.45, 7) is 2.68. The SMILES string of the molecule is C[C@@H](Cn1ccnc1)NC(=O)c1ccc(COc2ccc(F)cc2)o1. The standard InChI is InChI=1S/C18H18FN3O3/c1-13(10-22-9-8-20-12-22)21-18(23)17-7-6-16(25-17)11-24-15-4-2-14(19)3-5-15/h2-9,12-13H,10-11H2,1H3,(H,21,23)/t13-/m0/s1. The maximum absolute atomic E-state index is 12.8. The zero-order chi connectivity index (χ0) is 17.6. The third kappa shape index (κ3) is 4.69. The lowest BCUT2D eigenvalue weighted by Crippen LogP contribution is -2.35. The lowest BCUT2D eigenvalue weighted by Gasteiger charge is -2.13. The predicted molar refractivity (Wildman–Crippen MR) is 88.6 cm³/mol.